The maximum absolute atomic E-state index is 11.8. The van der Waals surface area contributed by atoms with Gasteiger partial charge in [0.25, 0.3) is 0 Å². The molecule has 0 aromatic carbocycles. The Hall–Kier alpha value is -0.610. The van der Waals surface area contributed by atoms with Gasteiger partial charge in [-0.3, -0.25) is 4.79 Å². The van der Waals surface area contributed by atoms with E-state index in [1.807, 2.05) is 18.7 Å². The summed E-state index contributed by atoms with van der Waals surface area (Å²) in [4.78, 5) is 13.6. The molecule has 0 radical (unpaired) electrons. The Bertz CT molecular complexity index is 234. The molecule has 1 aliphatic carbocycles. The zero-order valence-corrected chi connectivity index (χ0v) is 11.2. The third-order valence-corrected chi connectivity index (χ3v) is 3.89. The lowest BCUT2D eigenvalue weighted by atomic mass is 9.87. The number of hydrogen-bond acceptors (Lipinski definition) is 3. The SMILES string of the molecule is CCN(CC)C(=O)CNCC1(CO)CCCC1. The molecule has 0 aromatic rings. The van der Waals surface area contributed by atoms with Crippen LogP contribution in [0.15, 0.2) is 0 Å². The van der Waals surface area contributed by atoms with E-state index in [9.17, 15) is 9.90 Å². The molecular formula is C13H26N2O2. The van der Waals surface area contributed by atoms with E-state index in [1.165, 1.54) is 12.8 Å². The Morgan fingerprint density at radius 3 is 2.35 bits per heavy atom. The van der Waals surface area contributed by atoms with Gasteiger partial charge in [-0.25, -0.2) is 0 Å². The van der Waals surface area contributed by atoms with Gasteiger partial charge in [0.2, 0.25) is 5.91 Å². The number of carbonyl (C=O) groups excluding carboxylic acids is 1. The summed E-state index contributed by atoms with van der Waals surface area (Å²) in [6.07, 6.45) is 4.56. The Kier molecular flexibility index (Phi) is 5.92. The van der Waals surface area contributed by atoms with Crippen molar-refractivity contribution in [2.75, 3.05) is 32.8 Å². The minimum absolute atomic E-state index is 0.0313. The maximum atomic E-state index is 11.8. The molecule has 1 aliphatic rings. The third kappa shape index (κ3) is 3.96. The molecule has 1 amide bonds. The fourth-order valence-electron chi connectivity index (χ4n) is 2.64. The molecule has 1 rings (SSSR count). The van der Waals surface area contributed by atoms with Crippen LogP contribution in [0, 0.1) is 5.41 Å². The molecule has 0 aromatic heterocycles. The molecular weight excluding hydrogens is 216 g/mol. The van der Waals surface area contributed by atoms with Crippen molar-refractivity contribution in [2.24, 2.45) is 5.41 Å². The normalized spacial score (nSPS) is 18.3. The minimum atomic E-state index is 0.0313. The second-order valence-corrected chi connectivity index (χ2v) is 5.03. The number of nitrogens with zero attached hydrogens (tertiary/aromatic N) is 1. The first-order chi connectivity index (χ1) is 8.17. The monoisotopic (exact) mass is 242 g/mol. The molecule has 17 heavy (non-hydrogen) atoms. The number of nitrogens with one attached hydrogen (secondary N) is 1. The molecule has 1 saturated carbocycles. The Morgan fingerprint density at radius 1 is 1.29 bits per heavy atom. The number of rotatable bonds is 7. The fourth-order valence-corrected chi connectivity index (χ4v) is 2.64. The van der Waals surface area contributed by atoms with Crippen molar-refractivity contribution in [3.63, 3.8) is 0 Å². The zero-order chi connectivity index (χ0) is 12.7. The highest BCUT2D eigenvalue weighted by Gasteiger charge is 2.32. The number of carbonyl (C=O) groups is 1. The van der Waals surface area contributed by atoms with E-state index in [-0.39, 0.29) is 17.9 Å². The van der Waals surface area contributed by atoms with E-state index in [0.29, 0.717) is 6.54 Å². The highest BCUT2D eigenvalue weighted by atomic mass is 16.3. The van der Waals surface area contributed by atoms with Gasteiger partial charge in [0.1, 0.15) is 0 Å². The summed E-state index contributed by atoms with van der Waals surface area (Å²) >= 11 is 0. The average molecular weight is 242 g/mol. The molecule has 2 N–H and O–H groups in total. The summed E-state index contributed by atoms with van der Waals surface area (Å²) < 4.78 is 0. The summed E-state index contributed by atoms with van der Waals surface area (Å²) in [5.41, 5.74) is 0.0313. The van der Waals surface area contributed by atoms with Crippen LogP contribution in [0.3, 0.4) is 0 Å². The van der Waals surface area contributed by atoms with Gasteiger partial charge in [-0.2, -0.15) is 0 Å². The Balaban J connectivity index is 2.29. The van der Waals surface area contributed by atoms with Crippen molar-refractivity contribution in [3.05, 3.63) is 0 Å². The predicted octanol–water partition coefficient (Wildman–Crippen LogP) is 0.997. The third-order valence-electron chi connectivity index (χ3n) is 3.89. The molecule has 1 fully saturated rings. The summed E-state index contributed by atoms with van der Waals surface area (Å²) in [7, 11) is 0. The molecule has 4 nitrogen and oxygen atoms in total. The molecule has 0 heterocycles. The van der Waals surface area contributed by atoms with Crippen LogP contribution in [0.25, 0.3) is 0 Å². The molecule has 0 unspecified atom stereocenters. The van der Waals surface area contributed by atoms with Crippen LogP contribution in [0.4, 0.5) is 0 Å². The summed E-state index contributed by atoms with van der Waals surface area (Å²) in [6, 6.07) is 0. The maximum Gasteiger partial charge on any atom is 0.236 e. The zero-order valence-electron chi connectivity index (χ0n) is 11.2. The van der Waals surface area contributed by atoms with Crippen molar-refractivity contribution in [1.82, 2.24) is 10.2 Å². The first kappa shape index (κ1) is 14.5. The number of aliphatic hydroxyl groups is 1. The first-order valence-electron chi connectivity index (χ1n) is 6.77. The second kappa shape index (κ2) is 6.97. The summed E-state index contributed by atoms with van der Waals surface area (Å²) in [6.45, 7) is 6.91. The van der Waals surface area contributed by atoms with Gasteiger partial charge in [-0.1, -0.05) is 12.8 Å². The minimum Gasteiger partial charge on any atom is -0.396 e. The van der Waals surface area contributed by atoms with Gasteiger partial charge in [0, 0.05) is 31.7 Å². The van der Waals surface area contributed by atoms with Crippen molar-refractivity contribution >= 4 is 5.91 Å². The largest absolute Gasteiger partial charge is 0.396 e. The molecule has 0 spiro atoms. The highest BCUT2D eigenvalue weighted by molar-refractivity contribution is 5.78. The topological polar surface area (TPSA) is 52.6 Å². The average Bonchev–Trinajstić information content (AvgIpc) is 2.80. The second-order valence-electron chi connectivity index (χ2n) is 5.03. The van der Waals surface area contributed by atoms with Crippen molar-refractivity contribution in [3.8, 4) is 0 Å². The van der Waals surface area contributed by atoms with Gasteiger partial charge < -0.3 is 15.3 Å². The van der Waals surface area contributed by atoms with Gasteiger partial charge in [-0.05, 0) is 26.7 Å². The highest BCUT2D eigenvalue weighted by Crippen LogP contribution is 2.36. The lowest BCUT2D eigenvalue weighted by Crippen LogP contribution is -2.42. The van der Waals surface area contributed by atoms with Gasteiger partial charge >= 0.3 is 0 Å². The van der Waals surface area contributed by atoms with Crippen molar-refractivity contribution in [1.29, 1.82) is 0 Å². The quantitative estimate of drug-likeness (QED) is 0.700. The van der Waals surface area contributed by atoms with E-state index in [0.717, 1.165) is 32.5 Å². The van der Waals surface area contributed by atoms with Crippen LogP contribution in [0.1, 0.15) is 39.5 Å². The Labute approximate surface area is 104 Å². The number of hydrogen-bond donors (Lipinski definition) is 2. The number of likely N-dealkylation sites (N-methyl/N-ethyl adjacent to an activating group) is 1. The van der Waals surface area contributed by atoms with Crippen LogP contribution >= 0.6 is 0 Å². The van der Waals surface area contributed by atoms with Crippen LogP contribution < -0.4 is 5.32 Å². The Morgan fingerprint density at radius 2 is 1.88 bits per heavy atom. The molecule has 0 atom stereocenters. The number of aliphatic hydroxyl groups excluding tert-OH is 1. The number of amides is 1. The summed E-state index contributed by atoms with van der Waals surface area (Å²) in [5, 5.41) is 12.7. The van der Waals surface area contributed by atoms with E-state index in [1.54, 1.807) is 0 Å². The van der Waals surface area contributed by atoms with E-state index < -0.39 is 0 Å². The van der Waals surface area contributed by atoms with E-state index >= 15 is 0 Å². The van der Waals surface area contributed by atoms with Crippen LogP contribution in [-0.4, -0.2) is 48.7 Å². The van der Waals surface area contributed by atoms with Crippen LogP contribution in [0.5, 0.6) is 0 Å². The van der Waals surface area contributed by atoms with Crippen molar-refractivity contribution in [2.45, 2.75) is 39.5 Å². The van der Waals surface area contributed by atoms with Gasteiger partial charge in [0.15, 0.2) is 0 Å². The van der Waals surface area contributed by atoms with Crippen molar-refractivity contribution < 1.29 is 9.90 Å². The lowest BCUT2D eigenvalue weighted by Gasteiger charge is -2.27. The molecule has 0 saturated heterocycles. The molecule has 0 bridgehead atoms. The predicted molar refractivity (Wildman–Crippen MR) is 68.8 cm³/mol. The molecule has 0 aliphatic heterocycles. The van der Waals surface area contributed by atoms with Crippen LogP contribution in [0.2, 0.25) is 0 Å². The van der Waals surface area contributed by atoms with Gasteiger partial charge in [0.05, 0.1) is 6.54 Å². The standard InChI is InChI=1S/C13H26N2O2/c1-3-15(4-2)12(17)9-14-10-13(11-16)7-5-6-8-13/h14,16H,3-11H2,1-2H3. The van der Waals surface area contributed by atoms with Gasteiger partial charge in [-0.15, -0.1) is 0 Å². The molecule has 4 heteroatoms. The van der Waals surface area contributed by atoms with E-state index in [4.69, 9.17) is 0 Å². The smallest absolute Gasteiger partial charge is 0.236 e. The summed E-state index contributed by atoms with van der Waals surface area (Å²) in [5.74, 6) is 0.154. The van der Waals surface area contributed by atoms with Crippen LogP contribution in [-0.2, 0) is 4.79 Å². The lowest BCUT2D eigenvalue weighted by molar-refractivity contribution is -0.129. The molecule has 100 valence electrons. The first-order valence-corrected chi connectivity index (χ1v) is 6.77. The fraction of sp³-hybridized carbons (Fsp3) is 0.923. The van der Waals surface area contributed by atoms with E-state index in [2.05, 4.69) is 5.32 Å².